The van der Waals surface area contributed by atoms with E-state index in [1.165, 1.54) is 29.3 Å². The minimum Gasteiger partial charge on any atom is -0.489 e. The Hall–Kier alpha value is -2.47. The SMILES string of the molecule is O=C(O)CN1CC2(Cc3ccc(OCc4c(F)cccc4F)cc3C2)C1. The lowest BCUT2D eigenvalue weighted by molar-refractivity contribution is -0.141. The molecule has 1 fully saturated rings. The number of halogens is 2. The maximum Gasteiger partial charge on any atom is 0.317 e. The maximum absolute atomic E-state index is 13.7. The number of likely N-dealkylation sites (tertiary alicyclic amines) is 1. The van der Waals surface area contributed by atoms with Crippen LogP contribution in [0.1, 0.15) is 16.7 Å². The molecule has 0 atom stereocenters. The molecule has 0 amide bonds. The van der Waals surface area contributed by atoms with E-state index in [0.717, 1.165) is 25.9 Å². The summed E-state index contributed by atoms with van der Waals surface area (Å²) in [6.07, 6.45) is 1.81. The van der Waals surface area contributed by atoms with Crippen molar-refractivity contribution in [3.63, 3.8) is 0 Å². The minimum atomic E-state index is -0.800. The van der Waals surface area contributed by atoms with Crippen LogP contribution in [0, 0.1) is 17.0 Å². The number of aliphatic carboxylic acids is 1. The van der Waals surface area contributed by atoms with Gasteiger partial charge in [0.2, 0.25) is 0 Å². The van der Waals surface area contributed by atoms with Gasteiger partial charge in [0.25, 0.3) is 0 Å². The molecule has 1 spiro atoms. The molecule has 4 rings (SSSR count). The molecule has 0 bridgehead atoms. The Balaban J connectivity index is 1.41. The number of carbonyl (C=O) groups is 1. The lowest BCUT2D eigenvalue weighted by atomic mass is 9.77. The molecule has 1 aliphatic carbocycles. The third-order valence-electron chi connectivity index (χ3n) is 5.23. The summed E-state index contributed by atoms with van der Waals surface area (Å²) >= 11 is 0. The summed E-state index contributed by atoms with van der Waals surface area (Å²) < 4.78 is 33.0. The summed E-state index contributed by atoms with van der Waals surface area (Å²) in [5.74, 6) is -1.44. The lowest BCUT2D eigenvalue weighted by Gasteiger charge is -2.47. The molecule has 6 heteroatoms. The van der Waals surface area contributed by atoms with Crippen LogP contribution in [0.2, 0.25) is 0 Å². The number of hydrogen-bond acceptors (Lipinski definition) is 3. The molecule has 26 heavy (non-hydrogen) atoms. The van der Waals surface area contributed by atoms with Crippen molar-refractivity contribution >= 4 is 5.97 Å². The van der Waals surface area contributed by atoms with Crippen molar-refractivity contribution in [3.8, 4) is 5.75 Å². The van der Waals surface area contributed by atoms with Gasteiger partial charge in [-0.15, -0.1) is 0 Å². The van der Waals surface area contributed by atoms with Crippen molar-refractivity contribution in [3.05, 3.63) is 64.7 Å². The van der Waals surface area contributed by atoms with Crippen LogP contribution in [-0.2, 0) is 24.2 Å². The monoisotopic (exact) mass is 359 g/mol. The first-order valence-electron chi connectivity index (χ1n) is 8.56. The number of benzene rings is 2. The largest absolute Gasteiger partial charge is 0.489 e. The van der Waals surface area contributed by atoms with E-state index in [9.17, 15) is 13.6 Å². The second-order valence-corrected chi connectivity index (χ2v) is 7.31. The van der Waals surface area contributed by atoms with Crippen LogP contribution >= 0.6 is 0 Å². The van der Waals surface area contributed by atoms with Crippen LogP contribution in [0.3, 0.4) is 0 Å². The first-order chi connectivity index (χ1) is 12.4. The van der Waals surface area contributed by atoms with Gasteiger partial charge in [0, 0.05) is 18.5 Å². The Bertz CT molecular complexity index is 842. The predicted molar refractivity (Wildman–Crippen MR) is 91.0 cm³/mol. The molecular formula is C20H19F2NO3. The maximum atomic E-state index is 13.7. The number of fused-ring (bicyclic) bond motifs is 1. The summed E-state index contributed by atoms with van der Waals surface area (Å²) in [5, 5.41) is 8.87. The van der Waals surface area contributed by atoms with Crippen molar-refractivity contribution in [1.29, 1.82) is 0 Å². The fourth-order valence-electron chi connectivity index (χ4n) is 4.15. The zero-order valence-corrected chi connectivity index (χ0v) is 14.2. The number of carboxylic acid groups (broad SMARTS) is 1. The van der Waals surface area contributed by atoms with Gasteiger partial charge in [-0.25, -0.2) is 8.78 Å². The zero-order valence-electron chi connectivity index (χ0n) is 14.2. The average Bonchev–Trinajstić information content (AvgIpc) is 2.92. The molecular weight excluding hydrogens is 340 g/mol. The third-order valence-corrected chi connectivity index (χ3v) is 5.23. The van der Waals surface area contributed by atoms with Gasteiger partial charge < -0.3 is 9.84 Å². The minimum absolute atomic E-state index is 0.0761. The van der Waals surface area contributed by atoms with Crippen LogP contribution in [0.25, 0.3) is 0 Å². The van der Waals surface area contributed by atoms with Gasteiger partial charge in [0.15, 0.2) is 0 Å². The number of hydrogen-bond donors (Lipinski definition) is 1. The van der Waals surface area contributed by atoms with Gasteiger partial charge in [0.1, 0.15) is 24.0 Å². The Labute approximate surface area is 150 Å². The molecule has 1 saturated heterocycles. The molecule has 1 N–H and O–H groups in total. The first kappa shape index (κ1) is 17.0. The Morgan fingerprint density at radius 1 is 1.12 bits per heavy atom. The van der Waals surface area contributed by atoms with E-state index in [4.69, 9.17) is 9.84 Å². The fraction of sp³-hybridized carbons (Fsp3) is 0.350. The lowest BCUT2D eigenvalue weighted by Crippen LogP contribution is -2.58. The number of ether oxygens (including phenoxy) is 1. The Morgan fingerprint density at radius 3 is 2.50 bits per heavy atom. The summed E-state index contributed by atoms with van der Waals surface area (Å²) in [7, 11) is 0. The van der Waals surface area contributed by atoms with Crippen molar-refractivity contribution in [2.75, 3.05) is 19.6 Å². The van der Waals surface area contributed by atoms with Crippen molar-refractivity contribution in [2.24, 2.45) is 5.41 Å². The van der Waals surface area contributed by atoms with Crippen molar-refractivity contribution in [2.45, 2.75) is 19.4 Å². The standard InChI is InChI=1S/C20H19F2NO3/c21-17-2-1-3-18(22)16(17)10-26-15-5-4-13-7-20(8-14(13)6-15)11-23(12-20)9-19(24)25/h1-6H,7-12H2,(H,24,25). The van der Waals surface area contributed by atoms with Crippen molar-refractivity contribution < 1.29 is 23.4 Å². The van der Waals surface area contributed by atoms with Crippen LogP contribution in [0.15, 0.2) is 36.4 Å². The van der Waals surface area contributed by atoms with Crippen LogP contribution in [0.4, 0.5) is 8.78 Å². The van der Waals surface area contributed by atoms with Gasteiger partial charge in [-0.3, -0.25) is 9.69 Å². The summed E-state index contributed by atoms with van der Waals surface area (Å²) in [6, 6.07) is 9.51. The normalized spacial score (nSPS) is 17.8. The molecule has 136 valence electrons. The highest BCUT2D eigenvalue weighted by atomic mass is 19.1. The van der Waals surface area contributed by atoms with E-state index < -0.39 is 17.6 Å². The molecule has 0 unspecified atom stereocenters. The molecule has 4 nitrogen and oxygen atoms in total. The zero-order chi connectivity index (χ0) is 18.3. The molecule has 2 aliphatic rings. The second kappa shape index (κ2) is 6.36. The van der Waals surface area contributed by atoms with Crippen LogP contribution < -0.4 is 4.74 Å². The molecule has 2 aromatic carbocycles. The Morgan fingerprint density at radius 2 is 1.81 bits per heavy atom. The third kappa shape index (κ3) is 3.17. The molecule has 0 saturated carbocycles. The van der Waals surface area contributed by atoms with E-state index in [1.807, 2.05) is 23.1 Å². The van der Waals surface area contributed by atoms with Crippen LogP contribution in [-0.4, -0.2) is 35.6 Å². The van der Waals surface area contributed by atoms with E-state index >= 15 is 0 Å². The molecule has 0 aromatic heterocycles. The molecule has 1 heterocycles. The first-order valence-corrected chi connectivity index (χ1v) is 8.56. The second-order valence-electron chi connectivity index (χ2n) is 7.31. The van der Waals surface area contributed by atoms with Gasteiger partial charge in [-0.05, 0) is 48.2 Å². The van der Waals surface area contributed by atoms with E-state index in [1.54, 1.807) is 0 Å². The molecule has 0 radical (unpaired) electrons. The summed E-state index contributed by atoms with van der Waals surface area (Å²) in [4.78, 5) is 12.7. The smallest absolute Gasteiger partial charge is 0.317 e. The van der Waals surface area contributed by atoms with E-state index in [0.29, 0.717) is 5.75 Å². The van der Waals surface area contributed by atoms with E-state index in [2.05, 4.69) is 0 Å². The van der Waals surface area contributed by atoms with E-state index in [-0.39, 0.29) is 24.1 Å². The molecule has 1 aliphatic heterocycles. The number of rotatable bonds is 5. The quantitative estimate of drug-likeness (QED) is 0.892. The highest BCUT2D eigenvalue weighted by Crippen LogP contribution is 2.44. The predicted octanol–water partition coefficient (Wildman–Crippen LogP) is 3.03. The highest BCUT2D eigenvalue weighted by Gasteiger charge is 2.47. The number of nitrogens with zero attached hydrogens (tertiary/aromatic N) is 1. The fourth-order valence-corrected chi connectivity index (χ4v) is 4.15. The summed E-state index contributed by atoms with van der Waals surface area (Å²) in [5.41, 5.74) is 2.46. The van der Waals surface area contributed by atoms with Gasteiger partial charge >= 0.3 is 5.97 Å². The van der Waals surface area contributed by atoms with Gasteiger partial charge in [-0.2, -0.15) is 0 Å². The van der Waals surface area contributed by atoms with Crippen molar-refractivity contribution in [1.82, 2.24) is 4.90 Å². The summed E-state index contributed by atoms with van der Waals surface area (Å²) in [6.45, 7) is 1.49. The van der Waals surface area contributed by atoms with Gasteiger partial charge in [-0.1, -0.05) is 12.1 Å². The number of carboxylic acids is 1. The molecule has 2 aromatic rings. The highest BCUT2D eigenvalue weighted by molar-refractivity contribution is 5.69. The van der Waals surface area contributed by atoms with Crippen LogP contribution in [0.5, 0.6) is 5.75 Å². The van der Waals surface area contributed by atoms with Gasteiger partial charge in [0.05, 0.1) is 12.1 Å². The average molecular weight is 359 g/mol. The Kier molecular flexibility index (Phi) is 4.15. The topological polar surface area (TPSA) is 49.8 Å².